The molecule has 0 spiro atoms. The summed E-state index contributed by atoms with van der Waals surface area (Å²) in [6, 6.07) is 15.8. The molecule has 0 amide bonds. The van der Waals surface area contributed by atoms with E-state index in [4.69, 9.17) is 10.2 Å². The van der Waals surface area contributed by atoms with Crippen LogP contribution in [-0.2, 0) is 17.4 Å². The molecule has 220 valence electrons. The van der Waals surface area contributed by atoms with E-state index in [0.29, 0.717) is 4.90 Å². The fraction of sp³-hybridized carbons (Fsp3) is 0.500. The predicted octanol–water partition coefficient (Wildman–Crippen LogP) is 5.68. The summed E-state index contributed by atoms with van der Waals surface area (Å²) in [7, 11) is -1.53. The monoisotopic (exact) mass is 605 g/mol. The number of rotatable bonds is 20. The van der Waals surface area contributed by atoms with E-state index >= 15 is 0 Å². The van der Waals surface area contributed by atoms with Gasteiger partial charge in [-0.1, -0.05) is 32.1 Å². The van der Waals surface area contributed by atoms with Crippen molar-refractivity contribution in [1.82, 2.24) is 20.0 Å². The molecular weight excluding hydrogens is 562 g/mol. The van der Waals surface area contributed by atoms with Crippen molar-refractivity contribution in [1.29, 1.82) is 0 Å². The smallest absolute Gasteiger partial charge is 0.123 e. The van der Waals surface area contributed by atoms with Gasteiger partial charge in [0.1, 0.15) is 16.8 Å². The Morgan fingerprint density at radius 3 is 2.17 bits per heavy atom. The van der Waals surface area contributed by atoms with Gasteiger partial charge in [-0.05, 0) is 80.4 Å². The van der Waals surface area contributed by atoms with Crippen LogP contribution in [0.1, 0.15) is 50.6 Å². The average Bonchev–Trinajstić information content (AvgIpc) is 3.39. The highest BCUT2D eigenvalue weighted by atomic mass is 32.2. The number of aromatic nitrogens is 2. The molecular formula is C30H44FN5OS3. The SMILES string of the molecule is NS(=O)c1ccc(-n2nc(CCCCCCCCCN(CCS)CCNCCS)cc2-c2ccc(F)cc2)cc1. The van der Waals surface area contributed by atoms with E-state index in [1.165, 1.54) is 50.7 Å². The molecule has 1 atom stereocenters. The molecule has 3 rings (SSSR count). The van der Waals surface area contributed by atoms with E-state index in [1.54, 1.807) is 24.3 Å². The number of unbranched alkanes of at least 4 members (excludes halogenated alkanes) is 6. The Balaban J connectivity index is 1.44. The van der Waals surface area contributed by atoms with E-state index in [9.17, 15) is 8.60 Å². The highest BCUT2D eigenvalue weighted by molar-refractivity contribution is 7.82. The summed E-state index contributed by atoms with van der Waals surface area (Å²) in [5.74, 6) is 1.51. The first-order valence-electron chi connectivity index (χ1n) is 14.3. The minimum Gasteiger partial charge on any atom is -0.315 e. The van der Waals surface area contributed by atoms with E-state index in [-0.39, 0.29) is 5.82 Å². The predicted molar refractivity (Wildman–Crippen MR) is 173 cm³/mol. The van der Waals surface area contributed by atoms with Crippen LogP contribution in [0.15, 0.2) is 59.5 Å². The summed E-state index contributed by atoms with van der Waals surface area (Å²) in [6.45, 7) is 5.25. The van der Waals surface area contributed by atoms with Gasteiger partial charge in [0.05, 0.1) is 22.0 Å². The average molecular weight is 606 g/mol. The molecule has 3 N–H and O–H groups in total. The lowest BCUT2D eigenvalue weighted by atomic mass is 10.1. The van der Waals surface area contributed by atoms with Gasteiger partial charge < -0.3 is 10.2 Å². The maximum Gasteiger partial charge on any atom is 0.123 e. The Bertz CT molecular complexity index is 1140. The van der Waals surface area contributed by atoms with Crippen LogP contribution in [0.4, 0.5) is 4.39 Å². The lowest BCUT2D eigenvalue weighted by Crippen LogP contribution is -2.34. The van der Waals surface area contributed by atoms with Gasteiger partial charge in [-0.3, -0.25) is 0 Å². The molecule has 10 heteroatoms. The lowest BCUT2D eigenvalue weighted by molar-refractivity contribution is 0.283. The lowest BCUT2D eigenvalue weighted by Gasteiger charge is -2.21. The molecule has 1 heterocycles. The first-order chi connectivity index (χ1) is 19.5. The maximum absolute atomic E-state index is 13.6. The zero-order valence-corrected chi connectivity index (χ0v) is 25.9. The fourth-order valence-corrected chi connectivity index (χ4v) is 5.59. The van der Waals surface area contributed by atoms with Crippen LogP contribution in [0.2, 0.25) is 0 Å². The molecule has 3 aromatic rings. The maximum atomic E-state index is 13.6. The van der Waals surface area contributed by atoms with Gasteiger partial charge in [0.2, 0.25) is 0 Å². The van der Waals surface area contributed by atoms with Crippen LogP contribution < -0.4 is 10.5 Å². The normalized spacial score (nSPS) is 12.3. The molecule has 0 saturated heterocycles. The first-order valence-corrected chi connectivity index (χ1v) is 16.8. The minimum absolute atomic E-state index is 0.267. The third-order valence-corrected chi connectivity index (χ3v) is 8.09. The first kappa shape index (κ1) is 32.8. The van der Waals surface area contributed by atoms with Crippen LogP contribution in [0.3, 0.4) is 0 Å². The van der Waals surface area contributed by atoms with Crippen LogP contribution in [-0.4, -0.2) is 63.1 Å². The Morgan fingerprint density at radius 2 is 1.52 bits per heavy atom. The van der Waals surface area contributed by atoms with Crippen molar-refractivity contribution in [3.63, 3.8) is 0 Å². The van der Waals surface area contributed by atoms with Crippen molar-refractivity contribution in [2.24, 2.45) is 5.14 Å². The topological polar surface area (TPSA) is 76.2 Å². The van der Waals surface area contributed by atoms with Gasteiger partial charge in [-0.2, -0.15) is 30.4 Å². The van der Waals surface area contributed by atoms with Gasteiger partial charge in [0.15, 0.2) is 0 Å². The van der Waals surface area contributed by atoms with Crippen molar-refractivity contribution in [3.05, 3.63) is 66.1 Å². The van der Waals surface area contributed by atoms with E-state index in [0.717, 1.165) is 79.7 Å². The Kier molecular flexibility index (Phi) is 15.3. The molecule has 0 aliphatic heterocycles. The van der Waals surface area contributed by atoms with Crippen LogP contribution in [0, 0.1) is 5.82 Å². The molecule has 1 aromatic heterocycles. The summed E-state index contributed by atoms with van der Waals surface area (Å²) in [5.41, 5.74) is 3.66. The number of halogens is 1. The highest BCUT2D eigenvalue weighted by Crippen LogP contribution is 2.26. The largest absolute Gasteiger partial charge is 0.315 e. The third kappa shape index (κ3) is 11.3. The number of nitrogens with zero attached hydrogens (tertiary/aromatic N) is 3. The molecule has 0 fully saturated rings. The van der Waals surface area contributed by atoms with Crippen molar-refractivity contribution < 1.29 is 8.60 Å². The zero-order chi connectivity index (χ0) is 28.6. The van der Waals surface area contributed by atoms with Crippen LogP contribution in [0.5, 0.6) is 0 Å². The number of aryl methyl sites for hydroxylation is 1. The molecule has 40 heavy (non-hydrogen) atoms. The number of thiol groups is 2. The quantitative estimate of drug-likeness (QED) is 0.0987. The minimum atomic E-state index is -1.53. The van der Waals surface area contributed by atoms with Crippen molar-refractivity contribution in [2.45, 2.75) is 56.3 Å². The molecule has 0 aliphatic rings. The molecule has 0 bridgehead atoms. The molecule has 0 radical (unpaired) electrons. The van der Waals surface area contributed by atoms with Crippen LogP contribution in [0.25, 0.3) is 16.9 Å². The molecule has 2 aromatic carbocycles. The van der Waals surface area contributed by atoms with Gasteiger partial charge in [0.25, 0.3) is 0 Å². The standard InChI is InChI=1S/C30H44FN5OS3/c31-26-11-9-25(10-12-26)30-24-27(34-36(30)28-13-15-29(16-14-28)40(32)37)8-6-4-2-1-3-5-7-19-35(21-23-39)20-17-33-18-22-38/h9-16,24,33,38-39H,1-8,17-23,32H2. The molecule has 1 unspecified atom stereocenters. The van der Waals surface area contributed by atoms with Gasteiger partial charge in [0, 0.05) is 43.2 Å². The zero-order valence-electron chi connectivity index (χ0n) is 23.3. The van der Waals surface area contributed by atoms with E-state index in [2.05, 4.69) is 41.5 Å². The summed E-state index contributed by atoms with van der Waals surface area (Å²) < 4.78 is 27.0. The van der Waals surface area contributed by atoms with Gasteiger partial charge >= 0.3 is 0 Å². The van der Waals surface area contributed by atoms with E-state index < -0.39 is 11.0 Å². The Hall–Kier alpha value is -1.69. The van der Waals surface area contributed by atoms with Crippen molar-refractivity contribution in [3.8, 4) is 16.9 Å². The number of hydrogen-bond acceptors (Lipinski definition) is 6. The van der Waals surface area contributed by atoms with E-state index in [1.807, 2.05) is 16.8 Å². The molecule has 6 nitrogen and oxygen atoms in total. The molecule has 0 saturated carbocycles. The fourth-order valence-electron chi connectivity index (χ4n) is 4.74. The summed E-state index contributed by atoms with van der Waals surface area (Å²) in [5, 5.41) is 13.8. The van der Waals surface area contributed by atoms with Crippen LogP contribution >= 0.6 is 25.3 Å². The molecule has 0 aliphatic carbocycles. The second-order valence-corrected chi connectivity index (χ2v) is 12.0. The van der Waals surface area contributed by atoms with Crippen molar-refractivity contribution >= 4 is 36.2 Å². The summed E-state index contributed by atoms with van der Waals surface area (Å²) in [4.78, 5) is 3.07. The summed E-state index contributed by atoms with van der Waals surface area (Å²) >= 11 is 8.65. The number of nitrogens with one attached hydrogen (secondary N) is 1. The van der Waals surface area contributed by atoms with Gasteiger partial charge in [-0.25, -0.2) is 18.4 Å². The second-order valence-electron chi connectivity index (χ2n) is 9.99. The highest BCUT2D eigenvalue weighted by Gasteiger charge is 2.13. The third-order valence-electron chi connectivity index (χ3n) is 6.93. The second kappa shape index (κ2) is 18.7. The Morgan fingerprint density at radius 1 is 0.850 bits per heavy atom. The van der Waals surface area contributed by atoms with Gasteiger partial charge in [-0.15, -0.1) is 0 Å². The number of hydrogen-bond donors (Lipinski definition) is 4. The summed E-state index contributed by atoms with van der Waals surface area (Å²) in [6.07, 6.45) is 9.45. The Labute approximate surface area is 252 Å². The number of benzene rings is 2. The van der Waals surface area contributed by atoms with Crippen molar-refractivity contribution in [2.75, 3.05) is 44.2 Å². The number of nitrogens with two attached hydrogens (primary N) is 1.